The Bertz CT molecular complexity index is 602. The van der Waals surface area contributed by atoms with Crippen LogP contribution in [-0.2, 0) is 17.8 Å². The average Bonchev–Trinajstić information content (AvgIpc) is 2.88. The SMILES string of the molecule is O=CN1CCc2nc(/C=C/c3ccccc3)oc2C1. The van der Waals surface area contributed by atoms with Gasteiger partial charge in [0.2, 0.25) is 12.3 Å². The molecule has 1 aromatic heterocycles. The number of carbonyl (C=O) groups excluding carboxylic acids is 1. The second kappa shape index (κ2) is 5.10. The van der Waals surface area contributed by atoms with Gasteiger partial charge in [-0.25, -0.2) is 4.98 Å². The van der Waals surface area contributed by atoms with Crippen molar-refractivity contribution >= 4 is 18.6 Å². The monoisotopic (exact) mass is 254 g/mol. The molecule has 19 heavy (non-hydrogen) atoms. The molecule has 3 rings (SSSR count). The molecule has 1 aliphatic rings. The van der Waals surface area contributed by atoms with Gasteiger partial charge in [-0.3, -0.25) is 4.79 Å². The van der Waals surface area contributed by atoms with Crippen LogP contribution in [0.4, 0.5) is 0 Å². The van der Waals surface area contributed by atoms with E-state index < -0.39 is 0 Å². The molecule has 1 aromatic carbocycles. The maximum absolute atomic E-state index is 10.7. The number of amides is 1. The zero-order valence-electron chi connectivity index (χ0n) is 10.5. The van der Waals surface area contributed by atoms with Crippen LogP contribution in [0.3, 0.4) is 0 Å². The molecule has 1 aliphatic heterocycles. The van der Waals surface area contributed by atoms with Crippen LogP contribution in [-0.4, -0.2) is 22.8 Å². The normalized spacial score (nSPS) is 14.6. The van der Waals surface area contributed by atoms with Crippen molar-refractivity contribution in [3.05, 3.63) is 53.2 Å². The number of nitrogens with zero attached hydrogens (tertiary/aromatic N) is 2. The summed E-state index contributed by atoms with van der Waals surface area (Å²) in [6.45, 7) is 1.23. The highest BCUT2D eigenvalue weighted by molar-refractivity contribution is 5.66. The Morgan fingerprint density at radius 2 is 2.05 bits per heavy atom. The molecule has 0 N–H and O–H groups in total. The van der Waals surface area contributed by atoms with Gasteiger partial charge in [0, 0.05) is 19.0 Å². The summed E-state index contributed by atoms with van der Waals surface area (Å²) in [5.41, 5.74) is 2.07. The standard InChI is InChI=1S/C15H14N2O2/c18-11-17-9-8-13-14(10-17)19-15(16-13)7-6-12-4-2-1-3-5-12/h1-7,11H,8-10H2/b7-6+. The average molecular weight is 254 g/mol. The van der Waals surface area contributed by atoms with E-state index in [9.17, 15) is 4.79 Å². The van der Waals surface area contributed by atoms with E-state index in [1.807, 2.05) is 42.5 Å². The summed E-state index contributed by atoms with van der Waals surface area (Å²) < 4.78 is 5.66. The number of hydrogen-bond acceptors (Lipinski definition) is 3. The first-order valence-electron chi connectivity index (χ1n) is 6.26. The number of aromatic nitrogens is 1. The smallest absolute Gasteiger partial charge is 0.219 e. The zero-order chi connectivity index (χ0) is 13.1. The Balaban J connectivity index is 1.79. The number of hydrogen-bond donors (Lipinski definition) is 0. The van der Waals surface area contributed by atoms with Gasteiger partial charge in [-0.1, -0.05) is 30.3 Å². The summed E-state index contributed by atoms with van der Waals surface area (Å²) in [6.07, 6.45) is 5.44. The van der Waals surface area contributed by atoms with Gasteiger partial charge in [0.1, 0.15) is 5.76 Å². The topological polar surface area (TPSA) is 46.3 Å². The molecular formula is C15H14N2O2. The van der Waals surface area contributed by atoms with E-state index in [-0.39, 0.29) is 0 Å². The molecule has 1 amide bonds. The molecule has 0 unspecified atom stereocenters. The molecule has 96 valence electrons. The summed E-state index contributed by atoms with van der Waals surface area (Å²) >= 11 is 0. The number of fused-ring (bicyclic) bond motifs is 1. The van der Waals surface area contributed by atoms with Gasteiger partial charge in [-0.15, -0.1) is 0 Å². The highest BCUT2D eigenvalue weighted by Gasteiger charge is 2.20. The highest BCUT2D eigenvalue weighted by atomic mass is 16.4. The van der Waals surface area contributed by atoms with Crippen molar-refractivity contribution in [1.29, 1.82) is 0 Å². The molecule has 2 heterocycles. The van der Waals surface area contributed by atoms with Crippen molar-refractivity contribution in [2.45, 2.75) is 13.0 Å². The molecule has 0 spiro atoms. The fraction of sp³-hybridized carbons (Fsp3) is 0.200. The molecule has 4 nitrogen and oxygen atoms in total. The van der Waals surface area contributed by atoms with Crippen LogP contribution in [0.5, 0.6) is 0 Å². The van der Waals surface area contributed by atoms with Gasteiger partial charge < -0.3 is 9.32 Å². The van der Waals surface area contributed by atoms with Crippen LogP contribution in [0, 0.1) is 0 Å². The second-order valence-corrected chi connectivity index (χ2v) is 4.49. The Hall–Kier alpha value is -2.36. The summed E-state index contributed by atoms with van der Waals surface area (Å²) in [6, 6.07) is 10.0. The van der Waals surface area contributed by atoms with Gasteiger partial charge in [-0.2, -0.15) is 0 Å². The predicted molar refractivity (Wildman–Crippen MR) is 72.1 cm³/mol. The summed E-state index contributed by atoms with van der Waals surface area (Å²) in [5.74, 6) is 1.40. The van der Waals surface area contributed by atoms with E-state index in [2.05, 4.69) is 4.98 Å². The molecule has 0 radical (unpaired) electrons. The number of rotatable bonds is 3. The van der Waals surface area contributed by atoms with Crippen molar-refractivity contribution in [3.8, 4) is 0 Å². The molecule has 0 fully saturated rings. The maximum atomic E-state index is 10.7. The minimum Gasteiger partial charge on any atom is -0.440 e. The third-order valence-electron chi connectivity index (χ3n) is 3.14. The Kier molecular flexibility index (Phi) is 3.14. The van der Waals surface area contributed by atoms with Gasteiger partial charge in [-0.05, 0) is 11.6 Å². The van der Waals surface area contributed by atoms with Crippen molar-refractivity contribution in [3.63, 3.8) is 0 Å². The van der Waals surface area contributed by atoms with Crippen LogP contribution in [0.2, 0.25) is 0 Å². The first kappa shape index (κ1) is 11.7. The second-order valence-electron chi connectivity index (χ2n) is 4.49. The third kappa shape index (κ3) is 2.57. The molecule has 4 heteroatoms. The van der Waals surface area contributed by atoms with E-state index in [1.165, 1.54) is 0 Å². The van der Waals surface area contributed by atoms with Crippen LogP contribution < -0.4 is 0 Å². The lowest BCUT2D eigenvalue weighted by atomic mass is 10.2. The molecule has 0 saturated heterocycles. The van der Waals surface area contributed by atoms with Crippen LogP contribution in [0.25, 0.3) is 12.2 Å². The van der Waals surface area contributed by atoms with Crippen molar-refractivity contribution in [2.24, 2.45) is 0 Å². The first-order valence-corrected chi connectivity index (χ1v) is 6.26. The lowest BCUT2D eigenvalue weighted by Crippen LogP contribution is -2.28. The highest BCUT2D eigenvalue weighted by Crippen LogP contribution is 2.20. The lowest BCUT2D eigenvalue weighted by molar-refractivity contribution is -0.119. The molecule has 0 atom stereocenters. The van der Waals surface area contributed by atoms with Crippen LogP contribution >= 0.6 is 0 Å². The minimum absolute atomic E-state index is 0.519. The minimum atomic E-state index is 0.519. The first-order chi connectivity index (χ1) is 9.35. The third-order valence-corrected chi connectivity index (χ3v) is 3.14. The van der Waals surface area contributed by atoms with E-state index in [0.29, 0.717) is 19.0 Å². The molecule has 2 aromatic rings. The number of oxazole rings is 1. The van der Waals surface area contributed by atoms with Crippen LogP contribution in [0.1, 0.15) is 22.9 Å². The van der Waals surface area contributed by atoms with E-state index in [4.69, 9.17) is 4.42 Å². The van der Waals surface area contributed by atoms with E-state index in [0.717, 1.165) is 29.8 Å². The fourth-order valence-corrected chi connectivity index (χ4v) is 2.13. The zero-order valence-corrected chi connectivity index (χ0v) is 10.5. The van der Waals surface area contributed by atoms with Gasteiger partial charge >= 0.3 is 0 Å². The maximum Gasteiger partial charge on any atom is 0.219 e. The van der Waals surface area contributed by atoms with Gasteiger partial charge in [0.25, 0.3) is 0 Å². The summed E-state index contributed by atoms with van der Waals surface area (Å²) in [7, 11) is 0. The molecule has 0 bridgehead atoms. The van der Waals surface area contributed by atoms with Crippen molar-refractivity contribution < 1.29 is 9.21 Å². The quantitative estimate of drug-likeness (QED) is 0.790. The van der Waals surface area contributed by atoms with Crippen molar-refractivity contribution in [1.82, 2.24) is 9.88 Å². The number of carbonyl (C=O) groups is 1. The van der Waals surface area contributed by atoms with Gasteiger partial charge in [0.05, 0.1) is 12.2 Å². The Labute approximate surface area is 111 Å². The lowest BCUT2D eigenvalue weighted by Gasteiger charge is -2.19. The number of benzene rings is 1. The molecular weight excluding hydrogens is 240 g/mol. The molecule has 0 saturated carbocycles. The predicted octanol–water partition coefficient (Wildman–Crippen LogP) is 2.36. The summed E-state index contributed by atoms with van der Waals surface area (Å²) in [4.78, 5) is 16.9. The Morgan fingerprint density at radius 1 is 1.21 bits per heavy atom. The van der Waals surface area contributed by atoms with Crippen molar-refractivity contribution in [2.75, 3.05) is 6.54 Å². The molecule has 0 aliphatic carbocycles. The van der Waals surface area contributed by atoms with Gasteiger partial charge in [0.15, 0.2) is 0 Å². The van der Waals surface area contributed by atoms with E-state index >= 15 is 0 Å². The van der Waals surface area contributed by atoms with E-state index in [1.54, 1.807) is 4.90 Å². The van der Waals surface area contributed by atoms with Crippen LogP contribution in [0.15, 0.2) is 34.7 Å². The Morgan fingerprint density at radius 3 is 2.84 bits per heavy atom. The fourth-order valence-electron chi connectivity index (χ4n) is 2.13. The largest absolute Gasteiger partial charge is 0.440 e. The summed E-state index contributed by atoms with van der Waals surface area (Å²) in [5, 5.41) is 0.